The first-order valence-corrected chi connectivity index (χ1v) is 50.9. The van der Waals surface area contributed by atoms with Crippen LogP contribution in [-0.4, -0.2) is 187 Å². The van der Waals surface area contributed by atoms with Crippen LogP contribution in [0.25, 0.3) is 54.8 Å². The van der Waals surface area contributed by atoms with E-state index in [-0.39, 0.29) is 22.6 Å². The quantitative estimate of drug-likeness (QED) is 0.0164. The molecule has 766 valence electrons. The molecule has 8 heterocycles. The van der Waals surface area contributed by atoms with E-state index >= 15 is 0 Å². The predicted molar refractivity (Wildman–Crippen MR) is 583 cm³/mol. The Labute approximate surface area is 853 Å². The topological polar surface area (TPSA) is 303 Å². The van der Waals surface area contributed by atoms with Gasteiger partial charge in [-0.3, -0.25) is 14.7 Å². The summed E-state index contributed by atoms with van der Waals surface area (Å²) in [5.74, 6) is 8.69. The monoisotopic (exact) mass is 2010 g/mol. The van der Waals surface area contributed by atoms with Crippen molar-refractivity contribution in [2.24, 2.45) is 0 Å². The summed E-state index contributed by atoms with van der Waals surface area (Å²) in [5, 5.41) is 4.22. The maximum absolute atomic E-state index is 12.7. The second-order valence-corrected chi connectivity index (χ2v) is 37.6. The van der Waals surface area contributed by atoms with Gasteiger partial charge in [-0.05, 0) is 229 Å². The SMILES string of the molecule is C=S(C)(=O)Oc1cc(N(C)c2cc(=O)oc3ccccc23)ccc1OC.CCc1ccc(C(=O)Oc2cc(N(C)c3cc(=O)oc4ccccc34)ccc2OC)cc1.COc1ccc(N(C)c2cc(=O)oc3ccccc23)cc1OCCN1CCCC1.COc1ccc(N(C)c2cc(=O)oc3ccccc23)cc1OCCN1CCCCC1.COc1ccc(N(C)c2cc(=O)oc3ccccc23)cc1OCCN1CCCCC1. The number of esters is 1. The van der Waals surface area contributed by atoms with E-state index in [1.807, 2.05) is 224 Å². The average Bonchev–Trinajstić information content (AvgIpc) is 1.39. The number of benzene rings is 11. The normalized spacial score (nSPS) is 13.4. The summed E-state index contributed by atoms with van der Waals surface area (Å²) in [7, 11) is 14.7. The van der Waals surface area contributed by atoms with Gasteiger partial charge in [0.2, 0.25) is 0 Å². The molecule has 0 spiro atoms. The van der Waals surface area contributed by atoms with E-state index in [2.05, 4.69) is 27.5 Å². The fourth-order valence-corrected chi connectivity index (χ4v) is 18.4. The lowest BCUT2D eigenvalue weighted by atomic mass is 10.1. The van der Waals surface area contributed by atoms with Gasteiger partial charge < -0.3 is 93.4 Å². The van der Waals surface area contributed by atoms with Crippen LogP contribution in [0.15, 0.2) is 313 Å². The van der Waals surface area contributed by atoms with Gasteiger partial charge in [-0.25, -0.2) is 33.0 Å². The van der Waals surface area contributed by atoms with Crippen molar-refractivity contribution in [3.05, 3.63) is 330 Å². The van der Waals surface area contributed by atoms with Crippen molar-refractivity contribution in [1.82, 2.24) is 14.7 Å². The standard InChI is InChI=1S/C26H23NO5.2C24H28N2O4.C23H26N2O4.C19H19NO5S/c1-4-17-9-11-18(12-10-17)26(29)32-24-15-19(13-14-23(24)30-3)27(2)21-16-25(28)31-22-8-6-5-7-20(21)22;2*1-25(20-17-24(27)30-21-9-5-4-8-19(20)21)18-10-11-22(28-2)23(16-18)29-15-14-26-12-6-3-7-13-26;1-24(19-16-23(26)29-20-8-4-3-7-18(19)20)17-9-10-21(27-2)22(15-17)28-14-13-25-11-5-6-12-25;1-20(15-12-19(21)24-16-8-6-5-7-14(15)16)13-9-10-17(23-2)18(11-13)25-26(3,4)22/h5-16H,4H2,1-3H3;2*4-5,8-11,16-17H,3,6-7,12-15H2,1-2H3;3-4,7-10,15-16H,5-6,11-14H2,1-2H3;5-12H,3H2,1-2,4H3. The molecule has 3 fully saturated rings. The molecule has 0 aliphatic carbocycles. The summed E-state index contributed by atoms with van der Waals surface area (Å²) in [4.78, 5) is 89.7. The smallest absolute Gasteiger partial charge is 0.343 e. The van der Waals surface area contributed by atoms with Crippen molar-refractivity contribution >= 4 is 133 Å². The Balaban J connectivity index is 0.000000138. The van der Waals surface area contributed by atoms with E-state index in [4.69, 9.17) is 68.9 Å². The van der Waals surface area contributed by atoms with E-state index in [1.165, 1.54) is 102 Å². The van der Waals surface area contributed by atoms with E-state index < -0.39 is 27.0 Å². The van der Waals surface area contributed by atoms with Crippen molar-refractivity contribution in [2.45, 2.75) is 64.7 Å². The first kappa shape index (κ1) is 105. The fraction of sp³-hybridized carbons (Fsp3) is 0.284. The van der Waals surface area contributed by atoms with Crippen LogP contribution in [-0.2, 0) is 16.2 Å². The number of anilines is 10. The van der Waals surface area contributed by atoms with Crippen LogP contribution < -0.4 is 99.4 Å². The first-order valence-electron chi connectivity index (χ1n) is 48.9. The van der Waals surface area contributed by atoms with Crippen LogP contribution in [0.2, 0.25) is 0 Å². The number of likely N-dealkylation sites (tertiary alicyclic amines) is 3. The maximum atomic E-state index is 12.7. The average molecular weight is 2010 g/mol. The Morgan fingerprint density at radius 1 is 0.313 bits per heavy atom. The number of hydrogen-bond acceptors (Lipinski definition) is 30. The summed E-state index contributed by atoms with van der Waals surface area (Å²) in [6.07, 6.45) is 12.5. The molecule has 31 heteroatoms. The molecule has 0 amide bonds. The molecule has 16 aromatic rings. The van der Waals surface area contributed by atoms with Crippen LogP contribution in [0.1, 0.15) is 74.2 Å². The van der Waals surface area contributed by atoms with E-state index in [0.717, 1.165) is 138 Å². The third-order valence-electron chi connectivity index (χ3n) is 25.8. The zero-order valence-corrected chi connectivity index (χ0v) is 85.7. The molecule has 0 bridgehead atoms. The van der Waals surface area contributed by atoms with Crippen molar-refractivity contribution in [2.75, 3.05) is 180 Å². The second-order valence-electron chi connectivity index (χ2n) is 35.6. The number of hydrogen-bond donors (Lipinski definition) is 0. The molecule has 5 aromatic heterocycles. The zero-order chi connectivity index (χ0) is 104. The highest BCUT2D eigenvalue weighted by atomic mass is 32.2. The first-order chi connectivity index (χ1) is 71.2. The molecule has 19 rings (SSSR count). The number of carbonyl (C=O) groups excluding carboxylic acids is 1. The zero-order valence-electron chi connectivity index (χ0n) is 84.9. The molecule has 30 nitrogen and oxygen atoms in total. The molecule has 11 aromatic carbocycles. The molecule has 3 aliphatic heterocycles. The van der Waals surface area contributed by atoms with Gasteiger partial charge in [-0.2, -0.15) is 0 Å². The number of piperidine rings is 2. The van der Waals surface area contributed by atoms with Crippen molar-refractivity contribution in [1.29, 1.82) is 0 Å². The number of para-hydroxylation sites is 5. The molecule has 0 saturated carbocycles. The lowest BCUT2D eigenvalue weighted by Crippen LogP contribution is -2.33. The lowest BCUT2D eigenvalue weighted by molar-refractivity contribution is 0.0729. The number of ether oxygens (including phenoxy) is 9. The van der Waals surface area contributed by atoms with Gasteiger partial charge in [0.1, 0.15) is 57.5 Å². The van der Waals surface area contributed by atoms with Crippen LogP contribution in [0.5, 0.6) is 57.5 Å². The van der Waals surface area contributed by atoms with Crippen LogP contribution in [0.4, 0.5) is 56.9 Å². The number of rotatable bonds is 32. The van der Waals surface area contributed by atoms with E-state index in [0.29, 0.717) is 122 Å². The molecule has 0 N–H and O–H groups in total. The third-order valence-corrected chi connectivity index (χ3v) is 26.3. The summed E-state index contributed by atoms with van der Waals surface area (Å²) in [6.45, 7) is 13.5. The Morgan fingerprint density at radius 2 is 0.551 bits per heavy atom. The minimum atomic E-state index is -2.72. The number of nitrogens with zero attached hydrogens (tertiary/aromatic N) is 8. The Bertz CT molecular complexity index is 7510. The largest absolute Gasteiger partial charge is 0.493 e. The van der Waals surface area contributed by atoms with E-state index in [9.17, 15) is 33.0 Å². The molecule has 1 atom stereocenters. The summed E-state index contributed by atoms with van der Waals surface area (Å²) >= 11 is 0. The number of methoxy groups -OCH3 is 5. The van der Waals surface area contributed by atoms with Crippen LogP contribution in [0, 0.1) is 0 Å². The summed E-state index contributed by atoms with van der Waals surface area (Å²) in [6, 6.07) is 79.9. The van der Waals surface area contributed by atoms with Crippen molar-refractivity contribution < 1.29 is 77.9 Å². The van der Waals surface area contributed by atoms with Gasteiger partial charge in [0.05, 0.1) is 69.5 Å². The number of carbonyl (C=O) groups is 1. The van der Waals surface area contributed by atoms with Gasteiger partial charge in [-0.15, -0.1) is 0 Å². The van der Waals surface area contributed by atoms with Gasteiger partial charge in [-0.1, -0.05) is 92.6 Å². The molecule has 1 unspecified atom stereocenters. The molecule has 0 radical (unpaired) electrons. The van der Waals surface area contributed by atoms with Gasteiger partial charge in [0.15, 0.2) is 57.5 Å². The minimum absolute atomic E-state index is 0.286. The van der Waals surface area contributed by atoms with Crippen LogP contribution in [0.3, 0.4) is 0 Å². The fourth-order valence-electron chi connectivity index (χ4n) is 17.9. The third kappa shape index (κ3) is 27.2. The second kappa shape index (κ2) is 50.0. The molecule has 3 saturated heterocycles. The predicted octanol–water partition coefficient (Wildman–Crippen LogP) is 21.5. The molecular formula is C116H124N8O22S. The van der Waals surface area contributed by atoms with E-state index in [1.54, 1.807) is 94.1 Å². The number of aryl methyl sites for hydroxylation is 1. The van der Waals surface area contributed by atoms with Gasteiger partial charge in [0.25, 0.3) is 0 Å². The minimum Gasteiger partial charge on any atom is -0.493 e. The highest BCUT2D eigenvalue weighted by Gasteiger charge is 2.25. The van der Waals surface area contributed by atoms with Gasteiger partial charge >= 0.3 is 34.1 Å². The molecule has 147 heavy (non-hydrogen) atoms. The number of fused-ring (bicyclic) bond motifs is 5. The van der Waals surface area contributed by atoms with Gasteiger partial charge in [0, 0.05) is 177 Å². The molecular weight excluding hydrogens is 1890 g/mol. The maximum Gasteiger partial charge on any atom is 0.343 e. The van der Waals surface area contributed by atoms with Crippen LogP contribution >= 0.6 is 0 Å². The summed E-state index contributed by atoms with van der Waals surface area (Å²) in [5.41, 5.74) is 10.1. The Kier molecular flexibility index (Phi) is 35.9. The Morgan fingerprint density at radius 3 is 0.810 bits per heavy atom. The van der Waals surface area contributed by atoms with Crippen molar-refractivity contribution in [3.63, 3.8) is 0 Å². The summed E-state index contributed by atoms with van der Waals surface area (Å²) < 4.78 is 94.9. The highest BCUT2D eigenvalue weighted by molar-refractivity contribution is 7.95. The van der Waals surface area contributed by atoms with Crippen molar-refractivity contribution in [3.8, 4) is 57.5 Å². The highest BCUT2D eigenvalue weighted by Crippen LogP contribution is 2.44. The molecule has 3 aliphatic rings. The Hall–Kier alpha value is -16.0. The lowest BCUT2D eigenvalue weighted by Gasteiger charge is -2.26.